The Hall–Kier alpha value is -2.48. The Balaban J connectivity index is 2.92. The number of methoxy groups -OCH3 is 3. The number of hydrogen-bond donors (Lipinski definition) is 0. The lowest BCUT2D eigenvalue weighted by molar-refractivity contribution is 0.327. The van der Waals surface area contributed by atoms with E-state index in [0.29, 0.717) is 28.3 Å². The summed E-state index contributed by atoms with van der Waals surface area (Å²) in [4.78, 5) is 4.02. The molecular weight excluding hydrogens is 232 g/mol. The smallest absolute Gasteiger partial charge is 0.203 e. The summed E-state index contributed by atoms with van der Waals surface area (Å²) in [6.45, 7) is 0. The first-order valence-corrected chi connectivity index (χ1v) is 5.24. The Morgan fingerprint density at radius 2 is 1.78 bits per heavy atom. The van der Waals surface area contributed by atoms with Crippen LogP contribution in [0.15, 0.2) is 18.3 Å². The van der Waals surface area contributed by atoms with Gasteiger partial charge in [-0.2, -0.15) is 5.26 Å². The van der Waals surface area contributed by atoms with E-state index in [0.717, 1.165) is 5.39 Å². The van der Waals surface area contributed by atoms with Gasteiger partial charge in [0, 0.05) is 17.0 Å². The van der Waals surface area contributed by atoms with Gasteiger partial charge in [0.1, 0.15) is 11.8 Å². The van der Waals surface area contributed by atoms with Gasteiger partial charge < -0.3 is 14.2 Å². The number of nitriles is 1. The van der Waals surface area contributed by atoms with Gasteiger partial charge in [0.05, 0.1) is 21.3 Å². The number of pyridine rings is 1. The lowest BCUT2D eigenvalue weighted by Crippen LogP contribution is -1.97. The molecule has 92 valence electrons. The van der Waals surface area contributed by atoms with Crippen LogP contribution >= 0.6 is 0 Å². The first-order chi connectivity index (χ1) is 8.76. The molecule has 18 heavy (non-hydrogen) atoms. The maximum Gasteiger partial charge on any atom is 0.203 e. The van der Waals surface area contributed by atoms with Gasteiger partial charge in [-0.05, 0) is 12.1 Å². The third kappa shape index (κ3) is 1.68. The van der Waals surface area contributed by atoms with Crippen molar-refractivity contribution in [3.8, 4) is 23.3 Å². The Labute approximate surface area is 105 Å². The van der Waals surface area contributed by atoms with Crippen LogP contribution in [0.2, 0.25) is 0 Å². The van der Waals surface area contributed by atoms with Crippen molar-refractivity contribution in [3.05, 3.63) is 24.0 Å². The molecule has 0 aliphatic heterocycles. The first-order valence-electron chi connectivity index (χ1n) is 5.24. The number of aromatic nitrogens is 1. The fourth-order valence-corrected chi connectivity index (χ4v) is 1.88. The van der Waals surface area contributed by atoms with Gasteiger partial charge in [0.2, 0.25) is 5.75 Å². The third-order valence-electron chi connectivity index (χ3n) is 2.67. The molecule has 0 radical (unpaired) electrons. The summed E-state index contributed by atoms with van der Waals surface area (Å²) in [6, 6.07) is 5.55. The molecule has 5 heteroatoms. The molecule has 2 rings (SSSR count). The Kier molecular flexibility index (Phi) is 3.20. The normalized spacial score (nSPS) is 9.89. The monoisotopic (exact) mass is 244 g/mol. The summed E-state index contributed by atoms with van der Waals surface area (Å²) in [5, 5.41) is 10.5. The van der Waals surface area contributed by atoms with Crippen LogP contribution in [0.5, 0.6) is 17.2 Å². The van der Waals surface area contributed by atoms with Crippen LogP contribution in [0.25, 0.3) is 10.8 Å². The van der Waals surface area contributed by atoms with E-state index in [1.54, 1.807) is 32.5 Å². The summed E-state index contributed by atoms with van der Waals surface area (Å²) in [5.41, 5.74) is 0.326. The van der Waals surface area contributed by atoms with Crippen molar-refractivity contribution in [1.82, 2.24) is 4.98 Å². The molecule has 1 heterocycles. The third-order valence-corrected chi connectivity index (χ3v) is 2.67. The fourth-order valence-electron chi connectivity index (χ4n) is 1.88. The average Bonchev–Trinajstić information content (AvgIpc) is 2.44. The molecule has 5 nitrogen and oxygen atoms in total. The molecule has 0 spiro atoms. The van der Waals surface area contributed by atoms with Crippen molar-refractivity contribution in [2.75, 3.05) is 21.3 Å². The second-order valence-corrected chi connectivity index (χ2v) is 3.51. The van der Waals surface area contributed by atoms with E-state index in [1.165, 1.54) is 7.11 Å². The van der Waals surface area contributed by atoms with Crippen LogP contribution in [-0.2, 0) is 0 Å². The Bertz CT molecular complexity index is 632. The molecule has 1 aromatic heterocycles. The lowest BCUT2D eigenvalue weighted by atomic mass is 10.1. The van der Waals surface area contributed by atoms with Crippen molar-refractivity contribution >= 4 is 10.8 Å². The molecule has 0 saturated heterocycles. The van der Waals surface area contributed by atoms with Crippen molar-refractivity contribution in [3.63, 3.8) is 0 Å². The van der Waals surface area contributed by atoms with E-state index in [2.05, 4.69) is 4.98 Å². The number of ether oxygens (including phenoxy) is 3. The van der Waals surface area contributed by atoms with Gasteiger partial charge in [-0.15, -0.1) is 0 Å². The minimum atomic E-state index is 0.326. The van der Waals surface area contributed by atoms with Crippen LogP contribution in [0.3, 0.4) is 0 Å². The maximum atomic E-state index is 9.06. The predicted molar refractivity (Wildman–Crippen MR) is 66.1 cm³/mol. The highest BCUT2D eigenvalue weighted by atomic mass is 16.5. The van der Waals surface area contributed by atoms with Gasteiger partial charge in [-0.3, -0.25) is 0 Å². The van der Waals surface area contributed by atoms with Crippen molar-refractivity contribution in [2.45, 2.75) is 0 Å². The molecule has 1 aromatic carbocycles. The van der Waals surface area contributed by atoms with E-state index in [4.69, 9.17) is 19.5 Å². The van der Waals surface area contributed by atoms with Crippen LogP contribution in [0, 0.1) is 11.3 Å². The summed E-state index contributed by atoms with van der Waals surface area (Å²) in [7, 11) is 4.62. The zero-order valence-electron chi connectivity index (χ0n) is 10.4. The molecule has 0 fully saturated rings. The second kappa shape index (κ2) is 4.80. The molecule has 0 aliphatic carbocycles. The highest BCUT2D eigenvalue weighted by molar-refractivity contribution is 5.95. The van der Waals surface area contributed by atoms with E-state index in [9.17, 15) is 0 Å². The molecule has 0 N–H and O–H groups in total. The predicted octanol–water partition coefficient (Wildman–Crippen LogP) is 2.13. The molecule has 0 saturated carbocycles. The summed E-state index contributed by atoms with van der Waals surface area (Å²) >= 11 is 0. The number of benzene rings is 1. The molecular formula is C13H12N2O3. The molecule has 0 atom stereocenters. The number of hydrogen-bond acceptors (Lipinski definition) is 5. The molecule has 0 amide bonds. The van der Waals surface area contributed by atoms with E-state index >= 15 is 0 Å². The van der Waals surface area contributed by atoms with Crippen LogP contribution in [0.4, 0.5) is 0 Å². The minimum absolute atomic E-state index is 0.326. The number of nitrogens with zero attached hydrogens (tertiary/aromatic N) is 2. The maximum absolute atomic E-state index is 9.06. The summed E-state index contributed by atoms with van der Waals surface area (Å²) in [5.74, 6) is 1.54. The number of rotatable bonds is 3. The van der Waals surface area contributed by atoms with Crippen LogP contribution in [0.1, 0.15) is 5.69 Å². The molecule has 2 aromatic rings. The number of fused-ring (bicyclic) bond motifs is 1. The van der Waals surface area contributed by atoms with Gasteiger partial charge >= 0.3 is 0 Å². The second-order valence-electron chi connectivity index (χ2n) is 3.51. The minimum Gasteiger partial charge on any atom is -0.493 e. The first kappa shape index (κ1) is 12.0. The van der Waals surface area contributed by atoms with E-state index in [-0.39, 0.29) is 0 Å². The average molecular weight is 244 g/mol. The highest BCUT2D eigenvalue weighted by Gasteiger charge is 2.17. The SMILES string of the molecule is COc1cc2c(C#N)nccc2c(OC)c1OC. The van der Waals surface area contributed by atoms with E-state index < -0.39 is 0 Å². The standard InChI is InChI=1S/C13H12N2O3/c1-16-11-6-9-8(4-5-15-10(9)7-14)12(17-2)13(11)18-3/h4-6H,1-3H3. The zero-order valence-corrected chi connectivity index (χ0v) is 10.4. The van der Waals surface area contributed by atoms with Gasteiger partial charge in [-0.1, -0.05) is 0 Å². The summed E-state index contributed by atoms with van der Waals surface area (Å²) in [6.07, 6.45) is 1.56. The highest BCUT2D eigenvalue weighted by Crippen LogP contribution is 2.43. The van der Waals surface area contributed by atoms with E-state index in [1.807, 2.05) is 6.07 Å². The van der Waals surface area contributed by atoms with Gasteiger partial charge in [0.15, 0.2) is 11.5 Å². The van der Waals surface area contributed by atoms with Gasteiger partial charge in [-0.25, -0.2) is 4.98 Å². The molecule has 0 bridgehead atoms. The van der Waals surface area contributed by atoms with Crippen LogP contribution < -0.4 is 14.2 Å². The molecule has 0 aliphatic rings. The zero-order chi connectivity index (χ0) is 13.1. The Morgan fingerprint density at radius 3 is 2.33 bits per heavy atom. The van der Waals surface area contributed by atoms with Crippen LogP contribution in [-0.4, -0.2) is 26.3 Å². The largest absolute Gasteiger partial charge is 0.493 e. The van der Waals surface area contributed by atoms with Gasteiger partial charge in [0.25, 0.3) is 0 Å². The van der Waals surface area contributed by atoms with Crippen molar-refractivity contribution < 1.29 is 14.2 Å². The lowest BCUT2D eigenvalue weighted by Gasteiger charge is -2.14. The summed E-state index contributed by atoms with van der Waals surface area (Å²) < 4.78 is 15.9. The topological polar surface area (TPSA) is 64.4 Å². The Morgan fingerprint density at radius 1 is 1.06 bits per heavy atom. The molecule has 0 unspecified atom stereocenters. The van der Waals surface area contributed by atoms with Crippen molar-refractivity contribution in [2.24, 2.45) is 0 Å². The van der Waals surface area contributed by atoms with Crippen molar-refractivity contribution in [1.29, 1.82) is 5.26 Å². The fraction of sp³-hybridized carbons (Fsp3) is 0.231. The quantitative estimate of drug-likeness (QED) is 0.827.